The number of benzene rings is 1. The van der Waals surface area contributed by atoms with Gasteiger partial charge in [-0.05, 0) is 30.9 Å². The van der Waals surface area contributed by atoms with Crippen molar-refractivity contribution in [2.24, 2.45) is 0 Å². The smallest absolute Gasteiger partial charge is 0.338 e. The van der Waals surface area contributed by atoms with Gasteiger partial charge in [-0.2, -0.15) is 0 Å². The molecule has 0 aliphatic rings. The van der Waals surface area contributed by atoms with E-state index in [4.69, 9.17) is 27.9 Å². The first-order chi connectivity index (χ1) is 8.50. The van der Waals surface area contributed by atoms with E-state index in [0.29, 0.717) is 24.8 Å². The number of methoxy groups -OCH3 is 1. The zero-order valence-corrected chi connectivity index (χ0v) is 11.8. The summed E-state index contributed by atoms with van der Waals surface area (Å²) in [6.07, 6.45) is 3.37. The van der Waals surface area contributed by atoms with Crippen LogP contribution >= 0.6 is 23.2 Å². The third kappa shape index (κ3) is 4.35. The van der Waals surface area contributed by atoms with Crippen LogP contribution in [0.2, 0.25) is 0 Å². The number of ether oxygens (including phenoxy) is 1. The van der Waals surface area contributed by atoms with Crippen LogP contribution in [0, 0.1) is 0 Å². The van der Waals surface area contributed by atoms with E-state index < -0.39 is 4.33 Å². The Hall–Kier alpha value is -0.990. The Balaban J connectivity index is 2.79. The molecule has 0 amide bonds. The molecule has 0 bridgehead atoms. The molecule has 0 unspecified atom stereocenters. The average molecular weight is 287 g/mol. The van der Waals surface area contributed by atoms with Crippen molar-refractivity contribution in [1.82, 2.24) is 0 Å². The maximum atomic E-state index is 11.6. The zero-order valence-electron chi connectivity index (χ0n) is 10.3. The summed E-state index contributed by atoms with van der Waals surface area (Å²) in [5, 5.41) is 0. The minimum Gasteiger partial charge on any atom is -0.465 e. The van der Waals surface area contributed by atoms with Crippen LogP contribution in [-0.4, -0.2) is 17.4 Å². The maximum Gasteiger partial charge on any atom is 0.338 e. The third-order valence-electron chi connectivity index (χ3n) is 2.63. The number of carbonyl (C=O) groups is 1. The Morgan fingerprint density at radius 1 is 1.44 bits per heavy atom. The molecular weight excluding hydrogens is 271 g/mol. The van der Waals surface area contributed by atoms with Gasteiger partial charge in [-0.3, -0.25) is 0 Å². The van der Waals surface area contributed by atoms with Gasteiger partial charge >= 0.3 is 5.97 Å². The van der Waals surface area contributed by atoms with Gasteiger partial charge in [-0.25, -0.2) is 4.79 Å². The molecule has 0 atom stereocenters. The molecule has 0 N–H and O–H groups in total. The second-order valence-corrected chi connectivity index (χ2v) is 5.64. The van der Waals surface area contributed by atoms with Crippen LogP contribution in [0.4, 0.5) is 0 Å². The van der Waals surface area contributed by atoms with Crippen molar-refractivity contribution >= 4 is 29.2 Å². The van der Waals surface area contributed by atoms with Crippen LogP contribution in [0.5, 0.6) is 0 Å². The minimum atomic E-state index is -0.842. The van der Waals surface area contributed by atoms with Crippen LogP contribution in [0.15, 0.2) is 36.9 Å². The minimum absolute atomic E-state index is 0.343. The maximum absolute atomic E-state index is 11.6. The number of aryl methyl sites for hydroxylation is 1. The number of hydrogen-bond donors (Lipinski definition) is 0. The zero-order chi connectivity index (χ0) is 13.6. The second-order valence-electron chi connectivity index (χ2n) is 4.00. The molecule has 2 nitrogen and oxygen atoms in total. The number of hydrogen-bond acceptors (Lipinski definition) is 2. The molecule has 0 saturated heterocycles. The lowest BCUT2D eigenvalue weighted by Crippen LogP contribution is -2.14. The van der Waals surface area contributed by atoms with Crippen molar-refractivity contribution in [3.63, 3.8) is 0 Å². The van der Waals surface area contributed by atoms with Crippen molar-refractivity contribution in [3.05, 3.63) is 48.0 Å². The average Bonchev–Trinajstić information content (AvgIpc) is 2.36. The van der Waals surface area contributed by atoms with Crippen LogP contribution in [0.1, 0.15) is 28.8 Å². The van der Waals surface area contributed by atoms with E-state index >= 15 is 0 Å². The molecule has 1 aromatic carbocycles. The summed E-state index contributed by atoms with van der Waals surface area (Å²) in [7, 11) is 1.37. The fourth-order valence-corrected chi connectivity index (χ4v) is 2.09. The van der Waals surface area contributed by atoms with Crippen LogP contribution < -0.4 is 0 Å². The quantitative estimate of drug-likeness (QED) is 0.446. The van der Waals surface area contributed by atoms with Gasteiger partial charge < -0.3 is 4.74 Å². The van der Waals surface area contributed by atoms with Crippen molar-refractivity contribution in [2.45, 2.75) is 23.6 Å². The molecule has 98 valence electrons. The molecule has 0 radical (unpaired) electrons. The number of alkyl halides is 2. The molecule has 18 heavy (non-hydrogen) atoms. The van der Waals surface area contributed by atoms with E-state index in [1.54, 1.807) is 18.2 Å². The molecule has 4 heteroatoms. The van der Waals surface area contributed by atoms with Gasteiger partial charge in [-0.15, -0.1) is 29.8 Å². The summed E-state index contributed by atoms with van der Waals surface area (Å²) in [6, 6.07) is 7.29. The number of carbonyl (C=O) groups excluding carboxylic acids is 1. The molecule has 1 rings (SSSR count). The largest absolute Gasteiger partial charge is 0.465 e. The highest BCUT2D eigenvalue weighted by molar-refractivity contribution is 6.48. The molecule has 0 aliphatic heterocycles. The molecule has 1 aromatic rings. The molecule has 0 spiro atoms. The molecule has 0 saturated carbocycles. The van der Waals surface area contributed by atoms with Gasteiger partial charge in [0.1, 0.15) is 4.33 Å². The highest BCUT2D eigenvalue weighted by Crippen LogP contribution is 2.31. The van der Waals surface area contributed by atoms with Crippen LogP contribution in [0.25, 0.3) is 0 Å². The fourth-order valence-electron chi connectivity index (χ4n) is 1.68. The summed E-state index contributed by atoms with van der Waals surface area (Å²) in [4.78, 5) is 11.6. The topological polar surface area (TPSA) is 26.3 Å². The second kappa shape index (κ2) is 6.81. The Morgan fingerprint density at radius 3 is 2.72 bits per heavy atom. The predicted molar refractivity (Wildman–Crippen MR) is 75.4 cm³/mol. The summed E-state index contributed by atoms with van der Waals surface area (Å²) in [6.45, 7) is 3.62. The van der Waals surface area contributed by atoms with Gasteiger partial charge in [0.05, 0.1) is 12.7 Å². The van der Waals surface area contributed by atoms with Crippen LogP contribution in [0.3, 0.4) is 0 Å². The van der Waals surface area contributed by atoms with Crippen molar-refractivity contribution < 1.29 is 9.53 Å². The van der Waals surface area contributed by atoms with Gasteiger partial charge in [0, 0.05) is 0 Å². The third-order valence-corrected chi connectivity index (χ3v) is 3.31. The normalized spacial score (nSPS) is 11.1. The van der Waals surface area contributed by atoms with Crippen molar-refractivity contribution in [3.8, 4) is 0 Å². The number of allylic oxidation sites excluding steroid dienone is 1. The van der Waals surface area contributed by atoms with Gasteiger partial charge in [-0.1, -0.05) is 24.3 Å². The number of halogens is 2. The van der Waals surface area contributed by atoms with Crippen LogP contribution in [-0.2, 0) is 11.2 Å². The van der Waals surface area contributed by atoms with E-state index in [9.17, 15) is 4.79 Å². The van der Waals surface area contributed by atoms with E-state index in [1.165, 1.54) is 7.11 Å². The van der Waals surface area contributed by atoms with E-state index in [1.807, 2.05) is 12.1 Å². The summed E-state index contributed by atoms with van der Waals surface area (Å²) >= 11 is 12.3. The van der Waals surface area contributed by atoms with E-state index in [2.05, 4.69) is 6.58 Å². The first-order valence-electron chi connectivity index (χ1n) is 5.65. The first kappa shape index (κ1) is 15.1. The van der Waals surface area contributed by atoms with Gasteiger partial charge in [0.15, 0.2) is 0 Å². The Labute approximate surface area is 118 Å². The predicted octanol–water partition coefficient (Wildman–Crippen LogP) is 4.16. The molecule has 0 fully saturated rings. The highest BCUT2D eigenvalue weighted by atomic mass is 35.5. The SMILES string of the molecule is C=CCC(Cl)(Cl)CCc1ccccc1C(=O)OC. The van der Waals surface area contributed by atoms with Gasteiger partial charge in [0.25, 0.3) is 0 Å². The lowest BCUT2D eigenvalue weighted by atomic mass is 10.0. The fraction of sp³-hybridized carbons (Fsp3) is 0.357. The lowest BCUT2D eigenvalue weighted by Gasteiger charge is -2.18. The molecule has 0 heterocycles. The standard InChI is InChI=1S/C14H16Cl2O2/c1-3-9-14(15,16)10-8-11-6-4-5-7-12(11)13(17)18-2/h3-7H,1,8-10H2,2H3. The Morgan fingerprint density at radius 2 is 2.11 bits per heavy atom. The molecular formula is C14H16Cl2O2. The van der Waals surface area contributed by atoms with E-state index in [-0.39, 0.29) is 5.97 Å². The summed E-state index contributed by atoms with van der Waals surface area (Å²) in [5.74, 6) is -0.343. The molecule has 0 aliphatic carbocycles. The number of rotatable bonds is 6. The monoisotopic (exact) mass is 286 g/mol. The van der Waals surface area contributed by atoms with E-state index in [0.717, 1.165) is 5.56 Å². The van der Waals surface area contributed by atoms with Gasteiger partial charge in [0.2, 0.25) is 0 Å². The summed E-state index contributed by atoms with van der Waals surface area (Å²) < 4.78 is 3.89. The Kier molecular flexibility index (Phi) is 5.70. The number of esters is 1. The van der Waals surface area contributed by atoms with Crippen molar-refractivity contribution in [1.29, 1.82) is 0 Å². The molecule has 0 aromatic heterocycles. The highest BCUT2D eigenvalue weighted by Gasteiger charge is 2.22. The van der Waals surface area contributed by atoms with Crippen molar-refractivity contribution in [2.75, 3.05) is 7.11 Å². The lowest BCUT2D eigenvalue weighted by molar-refractivity contribution is 0.0599. The Bertz CT molecular complexity index is 428. The summed E-state index contributed by atoms with van der Waals surface area (Å²) in [5.41, 5.74) is 1.45. The first-order valence-corrected chi connectivity index (χ1v) is 6.40.